The number of nitrogen functional groups attached to an aromatic ring is 1. The summed E-state index contributed by atoms with van der Waals surface area (Å²) in [5, 5.41) is 0.498. The number of aryl methyl sites for hydroxylation is 1. The van der Waals surface area contributed by atoms with E-state index in [1.807, 2.05) is 0 Å². The van der Waals surface area contributed by atoms with E-state index >= 15 is 0 Å². The van der Waals surface area contributed by atoms with Crippen molar-refractivity contribution >= 4 is 40.6 Å². The van der Waals surface area contributed by atoms with Crippen molar-refractivity contribution in [1.29, 1.82) is 0 Å². The van der Waals surface area contributed by atoms with Gasteiger partial charge in [0, 0.05) is 13.5 Å². The van der Waals surface area contributed by atoms with Crippen LogP contribution in [0.5, 0.6) is 0 Å². The number of nitrogens with zero attached hydrogens (tertiary/aromatic N) is 3. The van der Waals surface area contributed by atoms with Crippen molar-refractivity contribution in [2.75, 3.05) is 18.8 Å². The van der Waals surface area contributed by atoms with E-state index in [4.69, 9.17) is 28.9 Å². The molecule has 2 heterocycles. The molecule has 1 aromatic heterocycles. The van der Waals surface area contributed by atoms with Crippen LogP contribution in [0.1, 0.15) is 18.2 Å². The first kappa shape index (κ1) is 13.1. The molecule has 2 N–H and O–H groups in total. The second kappa shape index (κ2) is 4.74. The van der Waals surface area contributed by atoms with Crippen LogP contribution < -0.4 is 5.73 Å². The molecule has 2 rings (SSSR count). The highest BCUT2D eigenvalue weighted by molar-refractivity contribution is 6.41. The largest absolute Gasteiger partial charge is 0.396 e. The topological polar surface area (TPSA) is 71.6 Å². The predicted octanol–water partition coefficient (Wildman–Crippen LogP) is 1.89. The maximum atomic E-state index is 11.5. The normalized spacial score (nSPS) is 14.9. The number of carbonyl (C=O) groups is 1. The smallest absolute Gasteiger partial charge is 0.225 e. The molecule has 7 heteroatoms. The van der Waals surface area contributed by atoms with E-state index in [9.17, 15) is 4.79 Å². The number of aliphatic imine (C=N–C) groups is 1. The Hall–Kier alpha value is -1.33. The van der Waals surface area contributed by atoms with Gasteiger partial charge >= 0.3 is 0 Å². The third-order valence-electron chi connectivity index (χ3n) is 2.76. The lowest BCUT2D eigenvalue weighted by Gasteiger charge is -2.18. The number of amidine groups is 1. The fraction of sp³-hybridized carbons (Fsp3) is 0.364. The summed E-state index contributed by atoms with van der Waals surface area (Å²) in [5.74, 6) is 0.328. The first-order valence-electron chi connectivity index (χ1n) is 5.37. The Morgan fingerprint density at radius 3 is 2.72 bits per heavy atom. The fourth-order valence-electron chi connectivity index (χ4n) is 1.81. The predicted molar refractivity (Wildman–Crippen MR) is 72.2 cm³/mol. The molecule has 5 nitrogen and oxygen atoms in total. The van der Waals surface area contributed by atoms with Crippen LogP contribution in [0.4, 0.5) is 5.69 Å². The summed E-state index contributed by atoms with van der Waals surface area (Å²) < 4.78 is 0. The molecule has 18 heavy (non-hydrogen) atoms. The lowest BCUT2D eigenvalue weighted by molar-refractivity contribution is -0.124. The molecule has 0 fully saturated rings. The second-order valence-corrected chi connectivity index (χ2v) is 4.70. The van der Waals surface area contributed by atoms with E-state index < -0.39 is 0 Å². The number of carbonyl (C=O) groups excluding carboxylic acids is 1. The van der Waals surface area contributed by atoms with Gasteiger partial charge < -0.3 is 5.73 Å². The average molecular weight is 287 g/mol. The number of amides is 1. The van der Waals surface area contributed by atoms with Gasteiger partial charge in [-0.1, -0.05) is 23.2 Å². The molecule has 1 aromatic rings. The monoisotopic (exact) mass is 286 g/mol. The minimum atomic E-state index is -0.113. The van der Waals surface area contributed by atoms with Crippen LogP contribution in [0.3, 0.4) is 0 Å². The third kappa shape index (κ3) is 2.04. The van der Waals surface area contributed by atoms with Crippen LogP contribution >= 0.6 is 23.2 Å². The molecule has 0 saturated heterocycles. The van der Waals surface area contributed by atoms with Crippen molar-refractivity contribution in [3.63, 3.8) is 0 Å². The van der Waals surface area contributed by atoms with E-state index in [0.717, 1.165) is 0 Å². The number of hydrogen-bond donors (Lipinski definition) is 1. The first-order valence-corrected chi connectivity index (χ1v) is 6.13. The van der Waals surface area contributed by atoms with E-state index in [2.05, 4.69) is 9.98 Å². The van der Waals surface area contributed by atoms with Crippen LogP contribution in [-0.2, 0) is 4.79 Å². The van der Waals surface area contributed by atoms with Crippen molar-refractivity contribution in [3.8, 4) is 0 Å². The zero-order valence-corrected chi connectivity index (χ0v) is 11.5. The SMILES string of the molecule is CC(=O)N1CCN=C1c1c(Cl)nc(C)c(N)c1Cl. The Morgan fingerprint density at radius 1 is 1.44 bits per heavy atom. The molecule has 0 aliphatic carbocycles. The van der Waals surface area contributed by atoms with Crippen LogP contribution in [0, 0.1) is 6.92 Å². The lowest BCUT2D eigenvalue weighted by atomic mass is 10.2. The molecule has 1 aliphatic heterocycles. The number of halogens is 2. The van der Waals surface area contributed by atoms with E-state index in [1.165, 1.54) is 11.8 Å². The van der Waals surface area contributed by atoms with Crippen molar-refractivity contribution in [1.82, 2.24) is 9.88 Å². The number of aromatic nitrogens is 1. The van der Waals surface area contributed by atoms with Gasteiger partial charge in [-0.05, 0) is 6.92 Å². The van der Waals surface area contributed by atoms with Crippen LogP contribution in [0.25, 0.3) is 0 Å². The molecule has 0 aromatic carbocycles. The Balaban J connectivity index is 2.59. The second-order valence-electron chi connectivity index (χ2n) is 3.97. The molecule has 0 spiro atoms. The van der Waals surface area contributed by atoms with Gasteiger partial charge in [0.2, 0.25) is 5.91 Å². The fourth-order valence-corrected chi connectivity index (χ4v) is 2.47. The maximum Gasteiger partial charge on any atom is 0.225 e. The van der Waals surface area contributed by atoms with Gasteiger partial charge in [-0.2, -0.15) is 0 Å². The minimum Gasteiger partial charge on any atom is -0.396 e. The number of hydrogen-bond acceptors (Lipinski definition) is 4. The number of anilines is 1. The number of pyridine rings is 1. The minimum absolute atomic E-state index is 0.113. The van der Waals surface area contributed by atoms with E-state index in [-0.39, 0.29) is 11.1 Å². The Labute approximate surface area is 115 Å². The van der Waals surface area contributed by atoms with Gasteiger partial charge in [0.05, 0.1) is 28.5 Å². The molecule has 96 valence electrons. The number of rotatable bonds is 1. The van der Waals surface area contributed by atoms with Crippen LogP contribution in [0.2, 0.25) is 10.2 Å². The van der Waals surface area contributed by atoms with Crippen LogP contribution in [-0.4, -0.2) is 34.7 Å². The molecule has 0 unspecified atom stereocenters. The van der Waals surface area contributed by atoms with E-state index in [0.29, 0.717) is 40.9 Å². The van der Waals surface area contributed by atoms with Crippen molar-refractivity contribution in [2.45, 2.75) is 13.8 Å². The molecular weight excluding hydrogens is 275 g/mol. The zero-order valence-electron chi connectivity index (χ0n) is 10.00. The quantitative estimate of drug-likeness (QED) is 0.802. The van der Waals surface area contributed by atoms with Gasteiger partial charge in [-0.15, -0.1) is 0 Å². The standard InChI is InChI=1S/C11H12Cl2N4O/c1-5-9(14)8(12)7(10(13)16-5)11-15-3-4-17(11)6(2)18/h3-4,14H2,1-2H3. The molecule has 1 aliphatic rings. The number of nitrogens with two attached hydrogens (primary N) is 1. The maximum absolute atomic E-state index is 11.5. The highest BCUT2D eigenvalue weighted by atomic mass is 35.5. The summed E-state index contributed by atoms with van der Waals surface area (Å²) in [6, 6.07) is 0. The highest BCUT2D eigenvalue weighted by Crippen LogP contribution is 2.32. The van der Waals surface area contributed by atoms with Gasteiger partial charge in [0.25, 0.3) is 0 Å². The first-order chi connectivity index (χ1) is 8.43. The molecule has 0 saturated carbocycles. The zero-order chi connectivity index (χ0) is 13.4. The third-order valence-corrected chi connectivity index (χ3v) is 3.43. The summed E-state index contributed by atoms with van der Waals surface area (Å²) in [5.41, 5.74) is 7.17. The van der Waals surface area contributed by atoms with Gasteiger partial charge in [-0.3, -0.25) is 14.7 Å². The lowest BCUT2D eigenvalue weighted by Crippen LogP contribution is -2.33. The average Bonchev–Trinajstić information content (AvgIpc) is 2.75. The summed E-state index contributed by atoms with van der Waals surface area (Å²) in [6.45, 7) is 4.23. The van der Waals surface area contributed by atoms with Crippen molar-refractivity contribution < 1.29 is 4.79 Å². The Kier molecular flexibility index (Phi) is 3.45. The van der Waals surface area contributed by atoms with Gasteiger partial charge in [0.1, 0.15) is 11.0 Å². The Morgan fingerprint density at radius 2 is 2.11 bits per heavy atom. The molecule has 0 radical (unpaired) electrons. The van der Waals surface area contributed by atoms with Crippen molar-refractivity contribution in [2.24, 2.45) is 4.99 Å². The van der Waals surface area contributed by atoms with E-state index in [1.54, 1.807) is 6.92 Å². The summed E-state index contributed by atoms with van der Waals surface area (Å²) in [6.07, 6.45) is 0. The Bertz CT molecular complexity index is 556. The summed E-state index contributed by atoms with van der Waals surface area (Å²) in [4.78, 5) is 21.4. The summed E-state index contributed by atoms with van der Waals surface area (Å²) >= 11 is 12.3. The summed E-state index contributed by atoms with van der Waals surface area (Å²) in [7, 11) is 0. The molecule has 0 bridgehead atoms. The van der Waals surface area contributed by atoms with Gasteiger partial charge in [-0.25, -0.2) is 4.98 Å². The molecular formula is C11H12Cl2N4O. The molecule has 1 amide bonds. The van der Waals surface area contributed by atoms with Crippen molar-refractivity contribution in [3.05, 3.63) is 21.4 Å². The molecule has 0 atom stereocenters. The van der Waals surface area contributed by atoms with Gasteiger partial charge in [0.15, 0.2) is 0 Å². The van der Waals surface area contributed by atoms with Crippen LogP contribution in [0.15, 0.2) is 4.99 Å². The highest BCUT2D eigenvalue weighted by Gasteiger charge is 2.27.